The number of rotatable bonds is 9. The number of nitrogens with one attached hydrogen (secondary N) is 1. The lowest BCUT2D eigenvalue weighted by atomic mass is 9.93. The average molecular weight is 303 g/mol. The SMILES string of the molecule is CCCCSCCC(=O)NC(C(=O)O)C1CCCOC1. The average Bonchev–Trinajstić information content (AvgIpc) is 2.45. The molecule has 116 valence electrons. The molecule has 6 heteroatoms. The number of carbonyl (C=O) groups excluding carboxylic acids is 1. The fourth-order valence-electron chi connectivity index (χ4n) is 2.17. The number of carboxylic acid groups (broad SMARTS) is 1. The Labute approximate surface area is 124 Å². The molecular weight excluding hydrogens is 278 g/mol. The van der Waals surface area contributed by atoms with Gasteiger partial charge in [0, 0.05) is 24.7 Å². The molecule has 5 nitrogen and oxygen atoms in total. The van der Waals surface area contributed by atoms with E-state index in [4.69, 9.17) is 4.74 Å². The number of ether oxygens (including phenoxy) is 1. The molecule has 0 spiro atoms. The first-order valence-electron chi connectivity index (χ1n) is 7.32. The Morgan fingerprint density at radius 3 is 2.85 bits per heavy atom. The quantitative estimate of drug-likeness (QED) is 0.636. The van der Waals surface area contributed by atoms with Crippen LogP contribution >= 0.6 is 11.8 Å². The van der Waals surface area contributed by atoms with Crippen molar-refractivity contribution in [3.05, 3.63) is 0 Å². The topological polar surface area (TPSA) is 75.6 Å². The molecule has 0 saturated carbocycles. The molecule has 2 atom stereocenters. The number of hydrogen-bond donors (Lipinski definition) is 2. The number of amides is 1. The number of aliphatic carboxylic acids is 1. The Hall–Kier alpha value is -0.750. The summed E-state index contributed by atoms with van der Waals surface area (Å²) in [4.78, 5) is 23.1. The second kappa shape index (κ2) is 10.0. The summed E-state index contributed by atoms with van der Waals surface area (Å²) in [6.07, 6.45) is 4.34. The predicted molar refractivity (Wildman–Crippen MR) is 80.0 cm³/mol. The highest BCUT2D eigenvalue weighted by Gasteiger charge is 2.31. The number of carbonyl (C=O) groups is 2. The van der Waals surface area contributed by atoms with Gasteiger partial charge in [-0.15, -0.1) is 0 Å². The van der Waals surface area contributed by atoms with Gasteiger partial charge in [0.25, 0.3) is 0 Å². The number of thioether (sulfide) groups is 1. The smallest absolute Gasteiger partial charge is 0.326 e. The van der Waals surface area contributed by atoms with E-state index in [1.54, 1.807) is 11.8 Å². The minimum atomic E-state index is -0.965. The summed E-state index contributed by atoms with van der Waals surface area (Å²) in [5.74, 6) is 0.555. The molecule has 20 heavy (non-hydrogen) atoms. The molecule has 1 heterocycles. The molecule has 1 saturated heterocycles. The monoisotopic (exact) mass is 303 g/mol. The normalized spacial score (nSPS) is 20.4. The molecule has 1 rings (SSSR count). The zero-order valence-electron chi connectivity index (χ0n) is 12.1. The van der Waals surface area contributed by atoms with Crippen LogP contribution in [0, 0.1) is 5.92 Å². The highest BCUT2D eigenvalue weighted by molar-refractivity contribution is 7.99. The Morgan fingerprint density at radius 1 is 1.45 bits per heavy atom. The number of unbranched alkanes of at least 4 members (excludes halogenated alkanes) is 1. The van der Waals surface area contributed by atoms with Gasteiger partial charge in [-0.05, 0) is 25.0 Å². The van der Waals surface area contributed by atoms with Gasteiger partial charge in [-0.1, -0.05) is 13.3 Å². The van der Waals surface area contributed by atoms with Crippen LogP contribution < -0.4 is 5.32 Å². The summed E-state index contributed by atoms with van der Waals surface area (Å²) in [5.41, 5.74) is 0. The van der Waals surface area contributed by atoms with E-state index in [1.807, 2.05) is 0 Å². The van der Waals surface area contributed by atoms with E-state index >= 15 is 0 Å². The van der Waals surface area contributed by atoms with Crippen molar-refractivity contribution < 1.29 is 19.4 Å². The van der Waals surface area contributed by atoms with Gasteiger partial charge in [-0.2, -0.15) is 11.8 Å². The van der Waals surface area contributed by atoms with Crippen LogP contribution in [-0.2, 0) is 14.3 Å². The first kappa shape index (κ1) is 17.3. The zero-order valence-corrected chi connectivity index (χ0v) is 12.9. The van der Waals surface area contributed by atoms with Crippen molar-refractivity contribution in [1.82, 2.24) is 5.32 Å². The zero-order chi connectivity index (χ0) is 14.8. The van der Waals surface area contributed by atoms with E-state index in [9.17, 15) is 14.7 Å². The van der Waals surface area contributed by atoms with E-state index in [0.29, 0.717) is 19.6 Å². The molecule has 1 fully saturated rings. The highest BCUT2D eigenvalue weighted by Crippen LogP contribution is 2.18. The second-order valence-corrected chi connectivity index (χ2v) is 6.30. The van der Waals surface area contributed by atoms with Gasteiger partial charge >= 0.3 is 5.97 Å². The van der Waals surface area contributed by atoms with Gasteiger partial charge in [0.05, 0.1) is 6.61 Å². The predicted octanol–water partition coefficient (Wildman–Crippen LogP) is 1.91. The molecular formula is C14H25NO4S. The summed E-state index contributed by atoms with van der Waals surface area (Å²) in [6, 6.07) is -0.816. The third-order valence-corrected chi connectivity index (χ3v) is 4.44. The van der Waals surface area contributed by atoms with Gasteiger partial charge in [-0.3, -0.25) is 4.79 Å². The van der Waals surface area contributed by atoms with Crippen LogP contribution in [0.25, 0.3) is 0 Å². The minimum Gasteiger partial charge on any atom is -0.480 e. The summed E-state index contributed by atoms with van der Waals surface area (Å²) >= 11 is 1.74. The van der Waals surface area contributed by atoms with Crippen molar-refractivity contribution in [2.45, 2.75) is 45.1 Å². The molecule has 0 radical (unpaired) electrons. The van der Waals surface area contributed by atoms with E-state index in [2.05, 4.69) is 12.2 Å². The molecule has 0 aromatic heterocycles. The Balaban J connectivity index is 2.29. The highest BCUT2D eigenvalue weighted by atomic mass is 32.2. The number of carboxylic acids is 1. The largest absolute Gasteiger partial charge is 0.480 e. The van der Waals surface area contributed by atoms with Gasteiger partial charge in [0.2, 0.25) is 5.91 Å². The lowest BCUT2D eigenvalue weighted by Gasteiger charge is -2.28. The lowest BCUT2D eigenvalue weighted by Crippen LogP contribution is -2.48. The first-order valence-corrected chi connectivity index (χ1v) is 8.48. The van der Waals surface area contributed by atoms with Gasteiger partial charge in [-0.25, -0.2) is 4.79 Å². The molecule has 0 aromatic rings. The molecule has 1 aliphatic rings. The second-order valence-electron chi connectivity index (χ2n) is 5.08. The summed E-state index contributed by atoms with van der Waals surface area (Å²) < 4.78 is 5.30. The summed E-state index contributed by atoms with van der Waals surface area (Å²) in [6.45, 7) is 3.24. The van der Waals surface area contributed by atoms with E-state index < -0.39 is 12.0 Å². The molecule has 1 aliphatic heterocycles. The standard InChI is InChI=1S/C14H25NO4S/c1-2-3-8-20-9-6-12(16)15-13(14(17)18)11-5-4-7-19-10-11/h11,13H,2-10H2,1H3,(H,15,16)(H,17,18). The minimum absolute atomic E-state index is 0.113. The van der Waals surface area contributed by atoms with Gasteiger partial charge in [0.1, 0.15) is 6.04 Å². The van der Waals surface area contributed by atoms with Crippen LogP contribution in [0.15, 0.2) is 0 Å². The van der Waals surface area contributed by atoms with Crippen molar-refractivity contribution in [2.24, 2.45) is 5.92 Å². The van der Waals surface area contributed by atoms with Crippen molar-refractivity contribution in [1.29, 1.82) is 0 Å². The molecule has 1 amide bonds. The van der Waals surface area contributed by atoms with Gasteiger partial charge < -0.3 is 15.2 Å². The van der Waals surface area contributed by atoms with Crippen molar-refractivity contribution >= 4 is 23.6 Å². The van der Waals surface area contributed by atoms with Crippen molar-refractivity contribution in [2.75, 3.05) is 24.7 Å². The fourth-order valence-corrected chi connectivity index (χ4v) is 3.20. The Kier molecular flexibility index (Phi) is 8.69. The van der Waals surface area contributed by atoms with E-state index in [1.165, 1.54) is 0 Å². The Bertz CT molecular complexity index is 306. The summed E-state index contributed by atoms with van der Waals surface area (Å²) in [5, 5.41) is 11.9. The maximum atomic E-state index is 11.8. The van der Waals surface area contributed by atoms with E-state index in [-0.39, 0.29) is 11.8 Å². The van der Waals surface area contributed by atoms with Crippen LogP contribution in [0.4, 0.5) is 0 Å². The van der Waals surface area contributed by atoms with Crippen molar-refractivity contribution in [3.63, 3.8) is 0 Å². The third kappa shape index (κ3) is 6.61. The van der Waals surface area contributed by atoms with Crippen LogP contribution in [0.3, 0.4) is 0 Å². The maximum absolute atomic E-state index is 11.8. The van der Waals surface area contributed by atoms with Crippen LogP contribution in [-0.4, -0.2) is 47.7 Å². The van der Waals surface area contributed by atoms with Crippen LogP contribution in [0.2, 0.25) is 0 Å². The Morgan fingerprint density at radius 2 is 2.25 bits per heavy atom. The van der Waals surface area contributed by atoms with Gasteiger partial charge in [0.15, 0.2) is 0 Å². The number of hydrogen-bond acceptors (Lipinski definition) is 4. The van der Waals surface area contributed by atoms with Crippen LogP contribution in [0.5, 0.6) is 0 Å². The van der Waals surface area contributed by atoms with Crippen LogP contribution in [0.1, 0.15) is 39.0 Å². The fraction of sp³-hybridized carbons (Fsp3) is 0.857. The molecule has 0 bridgehead atoms. The van der Waals surface area contributed by atoms with E-state index in [0.717, 1.165) is 37.2 Å². The maximum Gasteiger partial charge on any atom is 0.326 e. The third-order valence-electron chi connectivity index (χ3n) is 3.37. The lowest BCUT2D eigenvalue weighted by molar-refractivity contribution is -0.145. The first-order chi connectivity index (χ1) is 9.65. The molecule has 0 aliphatic carbocycles. The molecule has 2 unspecified atom stereocenters. The summed E-state index contributed by atoms with van der Waals surface area (Å²) in [7, 11) is 0. The van der Waals surface area contributed by atoms with Crippen molar-refractivity contribution in [3.8, 4) is 0 Å². The molecule has 2 N–H and O–H groups in total. The molecule has 0 aromatic carbocycles.